The number of aliphatic hydroxyl groups is 1. The maximum absolute atomic E-state index is 10.2. The first kappa shape index (κ1) is 17.9. The van der Waals surface area contributed by atoms with E-state index in [1.807, 2.05) is 0 Å². The molecule has 4 aliphatic rings. The second-order valence-electron chi connectivity index (χ2n) is 10.6. The molecule has 2 fully saturated rings. The lowest BCUT2D eigenvalue weighted by Crippen LogP contribution is -2.50. The van der Waals surface area contributed by atoms with E-state index < -0.39 is 0 Å². The molecule has 29 heavy (non-hydrogen) atoms. The number of hydrogen-bond donors (Lipinski definition) is 1. The van der Waals surface area contributed by atoms with Crippen LogP contribution in [0.15, 0.2) is 48.2 Å². The van der Waals surface area contributed by atoms with Gasteiger partial charge >= 0.3 is 0 Å². The monoisotopic (exact) mass is 388 g/mol. The Hall–Kier alpha value is -1.87. The zero-order valence-corrected chi connectivity index (χ0v) is 17.6. The first-order valence-electron chi connectivity index (χ1n) is 11.5. The minimum Gasteiger partial charge on any atom is -0.393 e. The predicted molar refractivity (Wildman–Crippen MR) is 117 cm³/mol. The molecule has 3 heteroatoms. The fraction of sp³-hybridized carbons (Fsp3) is 0.577. The second kappa shape index (κ2) is 6.07. The first-order chi connectivity index (χ1) is 14.0. The predicted octanol–water partition coefficient (Wildman–Crippen LogP) is 5.81. The van der Waals surface area contributed by atoms with E-state index in [2.05, 4.69) is 61.1 Å². The smallest absolute Gasteiger partial charge is 0.0927 e. The number of hydrogen-bond acceptors (Lipinski definition) is 2. The average Bonchev–Trinajstić information content (AvgIpc) is 3.28. The number of fused-ring (bicyclic) bond motifs is 6. The number of rotatable bonds is 1. The van der Waals surface area contributed by atoms with E-state index in [0.717, 1.165) is 36.6 Å². The van der Waals surface area contributed by atoms with Crippen molar-refractivity contribution in [2.75, 3.05) is 0 Å². The Kier molecular flexibility index (Phi) is 3.76. The Labute approximate surface area is 173 Å². The lowest BCUT2D eigenvalue weighted by molar-refractivity contribution is -0.0251. The molecule has 3 nitrogen and oxygen atoms in total. The van der Waals surface area contributed by atoms with Gasteiger partial charge in [0.2, 0.25) is 0 Å². The summed E-state index contributed by atoms with van der Waals surface area (Å²) < 4.78 is 2.19. The van der Waals surface area contributed by atoms with Crippen molar-refractivity contribution in [1.82, 2.24) is 9.78 Å². The molecule has 0 aliphatic heterocycles. The third kappa shape index (κ3) is 2.43. The fourth-order valence-electron chi connectivity index (χ4n) is 7.63. The number of benzene rings is 1. The van der Waals surface area contributed by atoms with Gasteiger partial charge in [0.05, 0.1) is 11.6 Å². The van der Waals surface area contributed by atoms with Gasteiger partial charge in [0.1, 0.15) is 0 Å². The highest BCUT2D eigenvalue weighted by Crippen LogP contribution is 2.65. The zero-order chi connectivity index (χ0) is 19.8. The van der Waals surface area contributed by atoms with Crippen LogP contribution in [0.2, 0.25) is 0 Å². The van der Waals surface area contributed by atoms with E-state index in [1.165, 1.54) is 36.8 Å². The highest BCUT2D eigenvalue weighted by Gasteiger charge is 2.57. The van der Waals surface area contributed by atoms with Crippen molar-refractivity contribution in [3.63, 3.8) is 0 Å². The molecule has 4 aliphatic carbocycles. The molecule has 1 N–H and O–H groups in total. The van der Waals surface area contributed by atoms with Crippen molar-refractivity contribution < 1.29 is 5.11 Å². The van der Waals surface area contributed by atoms with E-state index in [4.69, 9.17) is 5.10 Å². The lowest BCUT2D eigenvalue weighted by Gasteiger charge is -2.57. The molecule has 0 spiro atoms. The van der Waals surface area contributed by atoms with E-state index in [-0.39, 0.29) is 11.5 Å². The molecular formula is C26H32N2O. The van der Waals surface area contributed by atoms with Gasteiger partial charge in [-0.2, -0.15) is 5.10 Å². The van der Waals surface area contributed by atoms with Crippen LogP contribution in [0.3, 0.4) is 0 Å². The summed E-state index contributed by atoms with van der Waals surface area (Å²) in [6, 6.07) is 8.45. The van der Waals surface area contributed by atoms with Gasteiger partial charge in [0, 0.05) is 22.7 Å². The molecule has 6 atom stereocenters. The van der Waals surface area contributed by atoms with Crippen LogP contribution in [0.1, 0.15) is 58.8 Å². The average molecular weight is 389 g/mol. The lowest BCUT2D eigenvalue weighted by atomic mass is 9.48. The molecule has 1 aromatic heterocycles. The Bertz CT molecular complexity index is 999. The molecule has 1 aromatic carbocycles. The molecule has 0 bridgehead atoms. The molecule has 152 valence electrons. The van der Waals surface area contributed by atoms with E-state index in [0.29, 0.717) is 11.3 Å². The highest BCUT2D eigenvalue weighted by molar-refractivity contribution is 5.79. The van der Waals surface area contributed by atoms with Crippen LogP contribution in [0, 0.1) is 28.6 Å². The summed E-state index contributed by atoms with van der Waals surface area (Å²) in [7, 11) is 0. The van der Waals surface area contributed by atoms with Crippen molar-refractivity contribution in [2.24, 2.45) is 28.6 Å². The van der Waals surface area contributed by atoms with Crippen molar-refractivity contribution in [3.05, 3.63) is 48.2 Å². The third-order valence-corrected chi connectivity index (χ3v) is 9.28. The van der Waals surface area contributed by atoms with Crippen LogP contribution < -0.4 is 0 Å². The topological polar surface area (TPSA) is 38.0 Å². The summed E-state index contributed by atoms with van der Waals surface area (Å²) in [6.45, 7) is 5.01. The van der Waals surface area contributed by atoms with Crippen molar-refractivity contribution in [2.45, 2.75) is 64.9 Å². The first-order valence-corrected chi connectivity index (χ1v) is 11.5. The summed E-state index contributed by atoms with van der Waals surface area (Å²) in [5, 5.41) is 16.4. The number of allylic oxidation sites excluding steroid dienone is 3. The Morgan fingerprint density at radius 2 is 1.83 bits per heavy atom. The van der Waals surface area contributed by atoms with Crippen LogP contribution in [0.5, 0.6) is 0 Å². The van der Waals surface area contributed by atoms with E-state index in [1.54, 1.807) is 5.57 Å². The fourth-order valence-corrected chi connectivity index (χ4v) is 7.63. The summed E-state index contributed by atoms with van der Waals surface area (Å²) in [4.78, 5) is 0. The Balaban J connectivity index is 1.34. The molecule has 1 heterocycles. The number of aliphatic hydroxyl groups excluding tert-OH is 1. The zero-order valence-electron chi connectivity index (χ0n) is 17.6. The summed E-state index contributed by atoms with van der Waals surface area (Å²) in [5.74, 6) is 2.25. The van der Waals surface area contributed by atoms with Crippen LogP contribution in [-0.2, 0) is 0 Å². The van der Waals surface area contributed by atoms with Crippen molar-refractivity contribution >= 4 is 16.6 Å². The van der Waals surface area contributed by atoms with E-state index >= 15 is 0 Å². The van der Waals surface area contributed by atoms with Gasteiger partial charge in [-0.3, -0.25) is 0 Å². The maximum atomic E-state index is 10.2. The normalized spacial score (nSPS) is 41.3. The third-order valence-electron chi connectivity index (χ3n) is 9.28. The van der Waals surface area contributed by atoms with Gasteiger partial charge < -0.3 is 5.11 Å². The molecule has 0 saturated heterocycles. The second-order valence-corrected chi connectivity index (χ2v) is 10.6. The maximum Gasteiger partial charge on any atom is 0.0927 e. The SMILES string of the molecule is C[C@]12CC[C@H](O)CC1=CC[C@@H]1[C@@H]2CC[C@]2(C)C(n3cc4ccccc4n3)=CC[C@@H]12. The molecular weight excluding hydrogens is 356 g/mol. The minimum absolute atomic E-state index is 0.117. The van der Waals surface area contributed by atoms with Crippen LogP contribution in [-0.4, -0.2) is 21.0 Å². The Morgan fingerprint density at radius 3 is 2.69 bits per heavy atom. The van der Waals surface area contributed by atoms with Gasteiger partial charge in [0.15, 0.2) is 0 Å². The Morgan fingerprint density at radius 1 is 1.00 bits per heavy atom. The van der Waals surface area contributed by atoms with Gasteiger partial charge in [-0.05, 0) is 74.2 Å². The molecule has 0 unspecified atom stereocenters. The van der Waals surface area contributed by atoms with Crippen molar-refractivity contribution in [3.8, 4) is 0 Å². The molecule has 2 saturated carbocycles. The summed E-state index contributed by atoms with van der Waals surface area (Å²) in [5.41, 5.74) is 4.61. The van der Waals surface area contributed by atoms with Crippen molar-refractivity contribution in [1.29, 1.82) is 0 Å². The molecule has 0 amide bonds. The minimum atomic E-state index is -0.117. The van der Waals surface area contributed by atoms with Crippen LogP contribution in [0.25, 0.3) is 16.6 Å². The van der Waals surface area contributed by atoms with Gasteiger partial charge in [-0.1, -0.05) is 49.8 Å². The van der Waals surface area contributed by atoms with Crippen LogP contribution in [0.4, 0.5) is 0 Å². The van der Waals surface area contributed by atoms with Gasteiger partial charge in [-0.25, -0.2) is 4.68 Å². The molecule has 0 radical (unpaired) electrons. The number of nitrogens with zero attached hydrogens (tertiary/aromatic N) is 2. The number of aromatic nitrogens is 2. The molecule has 6 rings (SSSR count). The standard InChI is InChI=1S/C26H32N2O/c1-25-13-11-19(29)15-18(25)7-8-20-21-9-10-24(26(21,2)14-12-22(20)25)28-16-17-5-3-4-6-23(17)27-28/h3-7,10,16,19-22,29H,8-9,11-15H2,1-2H3/t19-,20-,21-,22-,25-,26-/m0/s1. The van der Waals surface area contributed by atoms with E-state index in [9.17, 15) is 5.11 Å². The van der Waals surface area contributed by atoms with Crippen LogP contribution >= 0.6 is 0 Å². The quantitative estimate of drug-likeness (QED) is 0.626. The van der Waals surface area contributed by atoms with Gasteiger partial charge in [0.25, 0.3) is 0 Å². The highest BCUT2D eigenvalue weighted by atomic mass is 16.3. The summed E-state index contributed by atoms with van der Waals surface area (Å²) in [6.07, 6.45) is 15.1. The largest absolute Gasteiger partial charge is 0.393 e. The molecule has 2 aromatic rings. The summed E-state index contributed by atoms with van der Waals surface area (Å²) >= 11 is 0. The van der Waals surface area contributed by atoms with Gasteiger partial charge in [-0.15, -0.1) is 0 Å².